The van der Waals surface area contributed by atoms with Crippen LogP contribution in [0.1, 0.15) is 30.1 Å². The number of halogens is 3. The molecule has 2 rings (SSSR count). The summed E-state index contributed by atoms with van der Waals surface area (Å²) in [6, 6.07) is 6.28. The van der Waals surface area contributed by atoms with E-state index in [9.17, 15) is 13.2 Å². The molecule has 1 aromatic carbocycles. The number of rotatable bonds is 3. The van der Waals surface area contributed by atoms with E-state index in [1.165, 1.54) is 6.07 Å². The van der Waals surface area contributed by atoms with Crippen LogP contribution in [0, 0.1) is 0 Å². The highest BCUT2D eigenvalue weighted by atomic mass is 19.3. The summed E-state index contributed by atoms with van der Waals surface area (Å²) in [7, 11) is 0. The summed E-state index contributed by atoms with van der Waals surface area (Å²) >= 11 is 0. The van der Waals surface area contributed by atoms with Crippen LogP contribution >= 0.6 is 0 Å². The van der Waals surface area contributed by atoms with Gasteiger partial charge in [0.2, 0.25) is 0 Å². The molecule has 4 heteroatoms. The lowest BCUT2D eigenvalue weighted by Crippen LogP contribution is -2.22. The first-order chi connectivity index (χ1) is 7.04. The molecule has 1 nitrogen and oxygen atoms in total. The first-order valence-corrected chi connectivity index (χ1v) is 4.85. The molecule has 82 valence electrons. The Morgan fingerprint density at radius 1 is 1.13 bits per heavy atom. The standard InChI is InChI=1S/C11H12F3N/c12-9(10(13)14)7-3-1-2-4-8(7)11(15)5-6-11/h1-4,9-10H,5-6,15H2. The predicted octanol–water partition coefficient (Wildman–Crippen LogP) is 2.91. The van der Waals surface area contributed by atoms with Gasteiger partial charge in [0, 0.05) is 5.54 Å². The van der Waals surface area contributed by atoms with Gasteiger partial charge in [-0.25, -0.2) is 13.2 Å². The first-order valence-electron chi connectivity index (χ1n) is 4.85. The lowest BCUT2D eigenvalue weighted by Gasteiger charge is -2.17. The van der Waals surface area contributed by atoms with Gasteiger partial charge in [-0.2, -0.15) is 0 Å². The Bertz CT molecular complexity index is 361. The van der Waals surface area contributed by atoms with Crippen molar-refractivity contribution in [3.05, 3.63) is 35.4 Å². The number of hydrogen-bond donors (Lipinski definition) is 1. The number of nitrogens with two attached hydrogens (primary N) is 1. The van der Waals surface area contributed by atoms with Crippen LogP contribution in [0.2, 0.25) is 0 Å². The van der Waals surface area contributed by atoms with E-state index in [0.29, 0.717) is 5.56 Å². The maximum Gasteiger partial charge on any atom is 0.273 e. The lowest BCUT2D eigenvalue weighted by molar-refractivity contribution is 0.0488. The number of benzene rings is 1. The van der Waals surface area contributed by atoms with Crippen LogP contribution in [-0.2, 0) is 5.54 Å². The fourth-order valence-electron chi connectivity index (χ4n) is 1.73. The largest absolute Gasteiger partial charge is 0.321 e. The second kappa shape index (κ2) is 3.52. The highest BCUT2D eigenvalue weighted by molar-refractivity contribution is 5.38. The Labute approximate surface area is 86.1 Å². The second-order valence-electron chi connectivity index (χ2n) is 3.98. The van der Waals surface area contributed by atoms with Crippen LogP contribution < -0.4 is 5.73 Å². The zero-order chi connectivity index (χ0) is 11.1. The van der Waals surface area contributed by atoms with Crippen LogP contribution in [0.4, 0.5) is 13.2 Å². The van der Waals surface area contributed by atoms with Crippen molar-refractivity contribution in [1.82, 2.24) is 0 Å². The third-order valence-corrected chi connectivity index (χ3v) is 2.80. The summed E-state index contributed by atoms with van der Waals surface area (Å²) in [5, 5.41) is 0. The molecule has 0 saturated heterocycles. The van der Waals surface area contributed by atoms with E-state index in [4.69, 9.17) is 5.73 Å². The predicted molar refractivity (Wildman–Crippen MR) is 51.4 cm³/mol. The molecule has 1 atom stereocenters. The molecular formula is C11H12F3N. The molecule has 1 aromatic rings. The summed E-state index contributed by atoms with van der Waals surface area (Å²) in [6.07, 6.45) is -3.75. The Balaban J connectivity index is 2.38. The fraction of sp³-hybridized carbons (Fsp3) is 0.455. The van der Waals surface area contributed by atoms with Crippen LogP contribution in [0.5, 0.6) is 0 Å². The quantitative estimate of drug-likeness (QED) is 0.824. The summed E-state index contributed by atoms with van der Waals surface area (Å²) in [5.74, 6) is 0. The zero-order valence-corrected chi connectivity index (χ0v) is 8.09. The van der Waals surface area contributed by atoms with Gasteiger partial charge in [-0.1, -0.05) is 24.3 Å². The van der Waals surface area contributed by atoms with E-state index >= 15 is 0 Å². The molecule has 1 saturated carbocycles. The highest BCUT2D eigenvalue weighted by Crippen LogP contribution is 2.46. The van der Waals surface area contributed by atoms with E-state index in [0.717, 1.165) is 12.8 Å². The molecule has 1 aliphatic carbocycles. The molecule has 15 heavy (non-hydrogen) atoms. The fourth-order valence-corrected chi connectivity index (χ4v) is 1.73. The highest BCUT2D eigenvalue weighted by Gasteiger charge is 2.43. The summed E-state index contributed by atoms with van der Waals surface area (Å²) in [6.45, 7) is 0. The lowest BCUT2D eigenvalue weighted by atomic mass is 9.96. The summed E-state index contributed by atoms with van der Waals surface area (Å²) in [4.78, 5) is 0. The van der Waals surface area contributed by atoms with Crippen molar-refractivity contribution < 1.29 is 13.2 Å². The maximum atomic E-state index is 13.3. The molecule has 0 spiro atoms. The SMILES string of the molecule is NC1(c2ccccc2C(F)C(F)F)CC1. The Morgan fingerprint density at radius 3 is 2.27 bits per heavy atom. The Morgan fingerprint density at radius 2 is 1.73 bits per heavy atom. The normalized spacial score (nSPS) is 20.3. The molecule has 0 aliphatic heterocycles. The van der Waals surface area contributed by atoms with Crippen LogP contribution in [0.15, 0.2) is 24.3 Å². The van der Waals surface area contributed by atoms with Gasteiger partial charge in [0.05, 0.1) is 0 Å². The van der Waals surface area contributed by atoms with Gasteiger partial charge in [0.25, 0.3) is 6.43 Å². The molecule has 2 N–H and O–H groups in total. The molecule has 0 amide bonds. The Hall–Kier alpha value is -1.03. The second-order valence-corrected chi connectivity index (χ2v) is 3.98. The maximum absolute atomic E-state index is 13.3. The van der Waals surface area contributed by atoms with Gasteiger partial charge in [-0.15, -0.1) is 0 Å². The van der Waals surface area contributed by atoms with Gasteiger partial charge in [-0.3, -0.25) is 0 Å². The first kappa shape index (κ1) is 10.5. The molecule has 0 bridgehead atoms. The monoisotopic (exact) mass is 215 g/mol. The van der Waals surface area contributed by atoms with Crippen molar-refractivity contribution >= 4 is 0 Å². The van der Waals surface area contributed by atoms with Gasteiger partial charge < -0.3 is 5.73 Å². The van der Waals surface area contributed by atoms with Crippen molar-refractivity contribution in [2.45, 2.75) is 31.0 Å². The molecule has 0 aromatic heterocycles. The Kier molecular flexibility index (Phi) is 2.46. The third-order valence-electron chi connectivity index (χ3n) is 2.80. The topological polar surface area (TPSA) is 26.0 Å². The molecule has 1 aliphatic rings. The number of hydrogen-bond acceptors (Lipinski definition) is 1. The molecule has 0 heterocycles. The zero-order valence-electron chi connectivity index (χ0n) is 8.09. The average Bonchev–Trinajstić information content (AvgIpc) is 2.96. The van der Waals surface area contributed by atoms with Gasteiger partial charge in [-0.05, 0) is 24.0 Å². The molecule has 0 radical (unpaired) electrons. The summed E-state index contributed by atoms with van der Waals surface area (Å²) < 4.78 is 37.8. The molecular weight excluding hydrogens is 203 g/mol. The van der Waals surface area contributed by atoms with Crippen LogP contribution in [-0.4, -0.2) is 6.43 Å². The van der Waals surface area contributed by atoms with E-state index in [1.54, 1.807) is 18.2 Å². The van der Waals surface area contributed by atoms with Gasteiger partial charge in [0.1, 0.15) is 0 Å². The minimum absolute atomic E-state index is 0.0347. The third kappa shape index (κ3) is 1.86. The van der Waals surface area contributed by atoms with Crippen molar-refractivity contribution in [2.75, 3.05) is 0 Å². The van der Waals surface area contributed by atoms with E-state index in [-0.39, 0.29) is 5.56 Å². The molecule has 1 fully saturated rings. The minimum Gasteiger partial charge on any atom is -0.321 e. The van der Waals surface area contributed by atoms with Crippen molar-refractivity contribution in [3.8, 4) is 0 Å². The van der Waals surface area contributed by atoms with Gasteiger partial charge >= 0.3 is 0 Å². The number of alkyl halides is 3. The van der Waals surface area contributed by atoms with Crippen molar-refractivity contribution in [2.24, 2.45) is 5.73 Å². The van der Waals surface area contributed by atoms with Gasteiger partial charge in [0.15, 0.2) is 6.17 Å². The summed E-state index contributed by atoms with van der Waals surface area (Å²) in [5.41, 5.74) is 5.88. The molecule has 1 unspecified atom stereocenters. The van der Waals surface area contributed by atoms with Crippen LogP contribution in [0.25, 0.3) is 0 Å². The minimum atomic E-state index is -2.99. The smallest absolute Gasteiger partial charge is 0.273 e. The van der Waals surface area contributed by atoms with E-state index in [2.05, 4.69) is 0 Å². The van der Waals surface area contributed by atoms with Crippen LogP contribution in [0.3, 0.4) is 0 Å². The van der Waals surface area contributed by atoms with E-state index in [1.807, 2.05) is 0 Å². The van der Waals surface area contributed by atoms with Crippen molar-refractivity contribution in [3.63, 3.8) is 0 Å². The van der Waals surface area contributed by atoms with Crippen molar-refractivity contribution in [1.29, 1.82) is 0 Å². The average molecular weight is 215 g/mol. The van der Waals surface area contributed by atoms with E-state index < -0.39 is 18.1 Å².